The van der Waals surface area contributed by atoms with E-state index in [0.29, 0.717) is 0 Å². The van der Waals surface area contributed by atoms with Crippen molar-refractivity contribution in [1.82, 2.24) is 10.3 Å². The molecule has 1 aromatic rings. The van der Waals surface area contributed by atoms with Crippen molar-refractivity contribution in [3.8, 4) is 0 Å². The van der Waals surface area contributed by atoms with Crippen LogP contribution in [-0.2, 0) is 6.54 Å². The van der Waals surface area contributed by atoms with Crippen molar-refractivity contribution in [3.63, 3.8) is 0 Å². The van der Waals surface area contributed by atoms with Crippen LogP contribution in [0.2, 0.25) is 0 Å². The SMILES string of the molecule is BrCCCCNCc1nccs1. The second-order valence-electron chi connectivity index (χ2n) is 2.50. The van der Waals surface area contributed by atoms with Crippen LogP contribution in [0.25, 0.3) is 0 Å². The predicted molar refractivity (Wildman–Crippen MR) is 56.8 cm³/mol. The molecule has 4 heteroatoms. The monoisotopic (exact) mass is 248 g/mol. The third-order valence-corrected chi connectivity index (χ3v) is 2.84. The summed E-state index contributed by atoms with van der Waals surface area (Å²) >= 11 is 5.11. The van der Waals surface area contributed by atoms with Crippen molar-refractivity contribution in [3.05, 3.63) is 16.6 Å². The first-order valence-electron chi connectivity index (χ1n) is 4.08. The number of halogens is 1. The van der Waals surface area contributed by atoms with Gasteiger partial charge in [0.15, 0.2) is 0 Å². The molecule has 0 saturated carbocycles. The summed E-state index contributed by atoms with van der Waals surface area (Å²) in [5.41, 5.74) is 0. The number of nitrogens with zero attached hydrogens (tertiary/aromatic N) is 1. The van der Waals surface area contributed by atoms with E-state index in [9.17, 15) is 0 Å². The van der Waals surface area contributed by atoms with Crippen LogP contribution in [0, 0.1) is 0 Å². The van der Waals surface area contributed by atoms with E-state index in [1.807, 2.05) is 11.6 Å². The number of rotatable bonds is 6. The largest absolute Gasteiger partial charge is 0.310 e. The maximum absolute atomic E-state index is 4.18. The summed E-state index contributed by atoms with van der Waals surface area (Å²) in [7, 11) is 0. The lowest BCUT2D eigenvalue weighted by atomic mass is 10.3. The van der Waals surface area contributed by atoms with Crippen molar-refractivity contribution in [2.75, 3.05) is 11.9 Å². The molecule has 0 unspecified atom stereocenters. The molecular weight excluding hydrogens is 236 g/mol. The maximum Gasteiger partial charge on any atom is 0.106 e. The van der Waals surface area contributed by atoms with Gasteiger partial charge in [0.1, 0.15) is 5.01 Å². The molecule has 0 radical (unpaired) electrons. The van der Waals surface area contributed by atoms with Crippen molar-refractivity contribution < 1.29 is 0 Å². The maximum atomic E-state index is 4.18. The van der Waals surface area contributed by atoms with Crippen LogP contribution in [-0.4, -0.2) is 16.9 Å². The zero-order chi connectivity index (χ0) is 8.65. The van der Waals surface area contributed by atoms with Crippen LogP contribution in [0.1, 0.15) is 17.8 Å². The minimum Gasteiger partial charge on any atom is -0.310 e. The molecule has 1 heterocycles. The topological polar surface area (TPSA) is 24.9 Å². The molecule has 68 valence electrons. The molecule has 0 aliphatic heterocycles. The summed E-state index contributed by atoms with van der Waals surface area (Å²) < 4.78 is 0. The second-order valence-corrected chi connectivity index (χ2v) is 4.27. The molecule has 0 saturated heterocycles. The molecule has 0 fully saturated rings. The Morgan fingerprint density at radius 1 is 1.50 bits per heavy atom. The van der Waals surface area contributed by atoms with Crippen LogP contribution >= 0.6 is 27.3 Å². The van der Waals surface area contributed by atoms with Gasteiger partial charge < -0.3 is 5.32 Å². The molecule has 12 heavy (non-hydrogen) atoms. The van der Waals surface area contributed by atoms with Gasteiger partial charge in [-0.1, -0.05) is 15.9 Å². The van der Waals surface area contributed by atoms with Gasteiger partial charge in [-0.05, 0) is 19.4 Å². The lowest BCUT2D eigenvalue weighted by Crippen LogP contribution is -2.14. The van der Waals surface area contributed by atoms with Crippen LogP contribution < -0.4 is 5.32 Å². The van der Waals surface area contributed by atoms with E-state index in [4.69, 9.17) is 0 Å². The third kappa shape index (κ3) is 4.18. The Morgan fingerprint density at radius 3 is 3.08 bits per heavy atom. The van der Waals surface area contributed by atoms with E-state index in [1.54, 1.807) is 11.3 Å². The first-order chi connectivity index (χ1) is 5.93. The van der Waals surface area contributed by atoms with Gasteiger partial charge in [0.05, 0.1) is 0 Å². The number of alkyl halides is 1. The fourth-order valence-corrected chi connectivity index (χ4v) is 1.86. The summed E-state index contributed by atoms with van der Waals surface area (Å²) in [4.78, 5) is 4.18. The van der Waals surface area contributed by atoms with Crippen LogP contribution in [0.3, 0.4) is 0 Å². The number of hydrogen-bond donors (Lipinski definition) is 1. The van der Waals surface area contributed by atoms with Gasteiger partial charge in [-0.3, -0.25) is 0 Å². The summed E-state index contributed by atoms with van der Waals surface area (Å²) in [5, 5.41) is 7.64. The fraction of sp³-hybridized carbons (Fsp3) is 0.625. The van der Waals surface area contributed by atoms with Gasteiger partial charge >= 0.3 is 0 Å². The van der Waals surface area contributed by atoms with Crippen LogP contribution in [0.4, 0.5) is 0 Å². The smallest absolute Gasteiger partial charge is 0.106 e. The zero-order valence-electron chi connectivity index (χ0n) is 6.92. The lowest BCUT2D eigenvalue weighted by molar-refractivity contribution is 0.643. The van der Waals surface area contributed by atoms with E-state index >= 15 is 0 Å². The number of unbranched alkanes of at least 4 members (excludes halogenated alkanes) is 1. The van der Waals surface area contributed by atoms with Gasteiger partial charge in [0.2, 0.25) is 0 Å². The highest BCUT2D eigenvalue weighted by Crippen LogP contribution is 2.02. The third-order valence-electron chi connectivity index (χ3n) is 1.50. The van der Waals surface area contributed by atoms with E-state index in [2.05, 4.69) is 26.2 Å². The molecule has 0 atom stereocenters. The summed E-state index contributed by atoms with van der Waals surface area (Å²) in [5.74, 6) is 0. The zero-order valence-corrected chi connectivity index (χ0v) is 9.33. The average molecular weight is 249 g/mol. The van der Waals surface area contributed by atoms with E-state index in [-0.39, 0.29) is 0 Å². The van der Waals surface area contributed by atoms with Crippen molar-refractivity contribution in [2.45, 2.75) is 19.4 Å². The number of aromatic nitrogens is 1. The van der Waals surface area contributed by atoms with Gasteiger partial charge in [-0.15, -0.1) is 11.3 Å². The quantitative estimate of drug-likeness (QED) is 0.618. The van der Waals surface area contributed by atoms with Crippen LogP contribution in [0.5, 0.6) is 0 Å². The highest BCUT2D eigenvalue weighted by molar-refractivity contribution is 9.09. The number of thiazole rings is 1. The first kappa shape index (κ1) is 10.2. The van der Waals surface area contributed by atoms with Crippen molar-refractivity contribution in [2.24, 2.45) is 0 Å². The Bertz CT molecular complexity index is 189. The second kappa shape index (κ2) is 6.57. The highest BCUT2D eigenvalue weighted by atomic mass is 79.9. The van der Waals surface area contributed by atoms with Gasteiger partial charge in [-0.2, -0.15) is 0 Å². The molecular formula is C8H13BrN2S. The highest BCUT2D eigenvalue weighted by Gasteiger charge is 1.93. The Morgan fingerprint density at radius 2 is 2.42 bits per heavy atom. The molecule has 0 aliphatic carbocycles. The molecule has 1 N–H and O–H groups in total. The minimum atomic E-state index is 0.917. The lowest BCUT2D eigenvalue weighted by Gasteiger charge is -1.99. The van der Waals surface area contributed by atoms with Gasteiger partial charge in [0.25, 0.3) is 0 Å². The summed E-state index contributed by atoms with van der Waals surface area (Å²) in [6.45, 7) is 2.01. The molecule has 0 spiro atoms. The molecule has 0 bridgehead atoms. The minimum absolute atomic E-state index is 0.917. The van der Waals surface area contributed by atoms with Crippen molar-refractivity contribution in [1.29, 1.82) is 0 Å². The Labute approximate surface area is 85.5 Å². The number of nitrogens with one attached hydrogen (secondary N) is 1. The summed E-state index contributed by atoms with van der Waals surface area (Å²) in [6, 6.07) is 0. The normalized spacial score (nSPS) is 10.4. The number of hydrogen-bond acceptors (Lipinski definition) is 3. The molecule has 0 aromatic carbocycles. The standard InChI is InChI=1S/C8H13BrN2S/c9-3-1-2-4-10-7-8-11-5-6-12-8/h5-6,10H,1-4,7H2. The van der Waals surface area contributed by atoms with Crippen molar-refractivity contribution >= 4 is 27.3 Å². The molecule has 1 aromatic heterocycles. The summed E-state index contributed by atoms with van der Waals surface area (Å²) in [6.07, 6.45) is 4.32. The molecule has 0 amide bonds. The fourth-order valence-electron chi connectivity index (χ4n) is 0.880. The first-order valence-corrected chi connectivity index (χ1v) is 6.08. The van der Waals surface area contributed by atoms with Gasteiger partial charge in [0, 0.05) is 23.5 Å². The molecule has 1 rings (SSSR count). The molecule has 0 aliphatic rings. The van der Waals surface area contributed by atoms with Crippen LogP contribution in [0.15, 0.2) is 11.6 Å². The Balaban J connectivity index is 1.96. The average Bonchev–Trinajstić information content (AvgIpc) is 2.57. The van der Waals surface area contributed by atoms with E-state index in [1.165, 1.54) is 17.8 Å². The van der Waals surface area contributed by atoms with E-state index in [0.717, 1.165) is 18.4 Å². The molecule has 2 nitrogen and oxygen atoms in total. The predicted octanol–water partition coefficient (Wildman–Crippen LogP) is 2.41. The van der Waals surface area contributed by atoms with E-state index < -0.39 is 0 Å². The Kier molecular flexibility index (Phi) is 5.56. The van der Waals surface area contributed by atoms with Gasteiger partial charge in [-0.25, -0.2) is 4.98 Å². The Hall–Kier alpha value is 0.0700.